The molecule has 1 aliphatic heterocycles. The maximum Gasteiger partial charge on any atom is 0.306 e. The van der Waals surface area contributed by atoms with Crippen molar-refractivity contribution >= 4 is 22.1 Å². The molecular weight excluding hydrogens is 704 g/mol. The van der Waals surface area contributed by atoms with Gasteiger partial charge in [-0.05, 0) is 57.8 Å². The van der Waals surface area contributed by atoms with E-state index in [-0.39, 0.29) is 19.4 Å². The molecule has 0 radical (unpaired) electrons. The summed E-state index contributed by atoms with van der Waals surface area (Å²) in [6.45, 7) is 3.63. The number of carbonyl (C=O) groups is 2. The quantitative estimate of drug-likeness (QED) is 0.0237. The van der Waals surface area contributed by atoms with E-state index >= 15 is 0 Å². The lowest BCUT2D eigenvalue weighted by Crippen LogP contribution is -2.60. The first-order valence-electron chi connectivity index (χ1n) is 20.0. The average molecular weight is 775 g/mol. The highest BCUT2D eigenvalue weighted by molar-refractivity contribution is 7.85. The van der Waals surface area contributed by atoms with Crippen molar-refractivity contribution in [3.8, 4) is 0 Å². The minimum absolute atomic E-state index is 0.146. The first-order chi connectivity index (χ1) is 25.5. The van der Waals surface area contributed by atoms with Crippen molar-refractivity contribution in [2.45, 2.75) is 185 Å². The van der Waals surface area contributed by atoms with E-state index in [9.17, 15) is 37.9 Å². The van der Waals surface area contributed by atoms with E-state index in [4.69, 9.17) is 18.9 Å². The van der Waals surface area contributed by atoms with Crippen molar-refractivity contribution in [2.24, 2.45) is 0 Å². The highest BCUT2D eigenvalue weighted by Gasteiger charge is 2.46. The van der Waals surface area contributed by atoms with E-state index in [1.165, 1.54) is 25.7 Å². The number of allylic oxidation sites excluding steroid dienone is 6. The van der Waals surface area contributed by atoms with Crippen LogP contribution in [0.1, 0.15) is 149 Å². The van der Waals surface area contributed by atoms with Gasteiger partial charge in [-0.25, -0.2) is 0 Å². The van der Waals surface area contributed by atoms with Crippen LogP contribution in [-0.2, 0) is 38.7 Å². The molecule has 2 unspecified atom stereocenters. The van der Waals surface area contributed by atoms with Gasteiger partial charge in [0, 0.05) is 12.8 Å². The predicted octanol–water partition coefficient (Wildman–Crippen LogP) is 7.05. The number of aliphatic hydroxyl groups is 3. The van der Waals surface area contributed by atoms with Gasteiger partial charge in [-0.3, -0.25) is 14.1 Å². The van der Waals surface area contributed by atoms with Gasteiger partial charge in [-0.15, -0.1) is 0 Å². The number of esters is 2. The second-order valence-electron chi connectivity index (χ2n) is 13.9. The summed E-state index contributed by atoms with van der Waals surface area (Å²) in [6, 6.07) is 0. The molecule has 0 bridgehead atoms. The number of hydrogen-bond acceptors (Lipinski definition) is 11. The molecule has 0 amide bonds. The second kappa shape index (κ2) is 31.1. The smallest absolute Gasteiger partial charge is 0.306 e. The summed E-state index contributed by atoms with van der Waals surface area (Å²) in [5, 5.41) is 30.8. The van der Waals surface area contributed by atoms with Crippen molar-refractivity contribution in [3.05, 3.63) is 36.5 Å². The Balaban J connectivity index is 2.53. The molecule has 0 aromatic carbocycles. The molecule has 0 aliphatic carbocycles. The number of aliphatic hydroxyl groups excluding tert-OH is 3. The Labute approximate surface area is 319 Å². The maximum absolute atomic E-state index is 12.7. The molecule has 1 saturated heterocycles. The van der Waals surface area contributed by atoms with Crippen LogP contribution in [0.4, 0.5) is 0 Å². The lowest BCUT2D eigenvalue weighted by Gasteiger charge is -2.40. The number of hydrogen-bond donors (Lipinski definition) is 4. The van der Waals surface area contributed by atoms with Gasteiger partial charge in [0.15, 0.2) is 12.4 Å². The van der Waals surface area contributed by atoms with Crippen LogP contribution < -0.4 is 0 Å². The third-order valence-electron chi connectivity index (χ3n) is 8.94. The standard InChI is InChI=1S/C40H70O12S/c1-3-5-7-9-11-13-15-16-17-19-21-23-25-27-29-36(42)51-33(30-49-35(41)28-26-24-22-20-18-14-12-10-8-6-4-2)31-50-40-39(45)38(44)37(43)34(52-40)32-53(46,47)48/h9-12,15-16,33-34,37-40,43-45H,3-8,13-14,17-32H2,1-2H3,(H,46,47,48)/b11-9+,12-10+,16-15+/t33-,34-,37-,38?,39?,40+/m1/s1. The Morgan fingerprint density at radius 2 is 1.13 bits per heavy atom. The number of carbonyl (C=O) groups excluding carboxylic acids is 2. The van der Waals surface area contributed by atoms with Gasteiger partial charge >= 0.3 is 11.9 Å². The van der Waals surface area contributed by atoms with Crippen molar-refractivity contribution in [2.75, 3.05) is 19.0 Å². The summed E-state index contributed by atoms with van der Waals surface area (Å²) in [5.74, 6) is -2.02. The molecule has 53 heavy (non-hydrogen) atoms. The van der Waals surface area contributed by atoms with E-state index in [2.05, 4.69) is 50.3 Å². The molecule has 4 N–H and O–H groups in total. The molecule has 13 heteroatoms. The van der Waals surface area contributed by atoms with Gasteiger partial charge in [0.1, 0.15) is 36.8 Å². The zero-order chi connectivity index (χ0) is 39.2. The van der Waals surface area contributed by atoms with E-state index in [0.717, 1.165) is 83.5 Å². The van der Waals surface area contributed by atoms with Crippen LogP contribution in [0.2, 0.25) is 0 Å². The lowest BCUT2D eigenvalue weighted by atomic mass is 10.00. The highest BCUT2D eigenvalue weighted by atomic mass is 32.2. The molecule has 0 aromatic rings. The van der Waals surface area contributed by atoms with Crippen LogP contribution in [0.5, 0.6) is 0 Å². The Morgan fingerprint density at radius 3 is 1.68 bits per heavy atom. The molecule has 0 saturated carbocycles. The summed E-state index contributed by atoms with van der Waals surface area (Å²) < 4.78 is 53.8. The molecule has 6 atom stereocenters. The SMILES string of the molecule is CCCC/C=C/C/C=C/CCCCCCCC(=O)O[C@H](COC(=O)CCCCCCC/C=C/CCCC)CO[C@H]1O[C@H](CS(=O)(=O)O)[C@@H](O)C(O)C1O. The third-order valence-corrected chi connectivity index (χ3v) is 9.69. The number of ether oxygens (including phenoxy) is 4. The Hall–Kier alpha value is -2.13. The topological polar surface area (TPSA) is 186 Å². The summed E-state index contributed by atoms with van der Waals surface area (Å²) in [6.07, 6.45) is 23.4. The van der Waals surface area contributed by atoms with E-state index in [1.54, 1.807) is 0 Å². The molecule has 1 aliphatic rings. The van der Waals surface area contributed by atoms with Crippen LogP contribution in [0.3, 0.4) is 0 Å². The van der Waals surface area contributed by atoms with Gasteiger partial charge in [-0.1, -0.05) is 115 Å². The number of unbranched alkanes of at least 4 members (excludes halogenated alkanes) is 14. The van der Waals surface area contributed by atoms with Gasteiger partial charge in [0.05, 0.1) is 6.61 Å². The predicted molar refractivity (Wildman–Crippen MR) is 206 cm³/mol. The van der Waals surface area contributed by atoms with Crippen LogP contribution >= 0.6 is 0 Å². The zero-order valence-electron chi connectivity index (χ0n) is 32.4. The second-order valence-corrected chi connectivity index (χ2v) is 15.4. The molecule has 308 valence electrons. The minimum atomic E-state index is -4.60. The van der Waals surface area contributed by atoms with Gasteiger partial charge in [0.2, 0.25) is 0 Å². The first kappa shape index (κ1) is 48.9. The lowest BCUT2D eigenvalue weighted by molar-refractivity contribution is -0.297. The molecule has 0 aromatic heterocycles. The van der Waals surface area contributed by atoms with E-state index in [0.29, 0.717) is 12.8 Å². The summed E-state index contributed by atoms with van der Waals surface area (Å²) >= 11 is 0. The molecule has 1 fully saturated rings. The molecule has 12 nitrogen and oxygen atoms in total. The monoisotopic (exact) mass is 774 g/mol. The van der Waals surface area contributed by atoms with Crippen molar-refractivity contribution in [1.29, 1.82) is 0 Å². The van der Waals surface area contributed by atoms with E-state index < -0.39 is 71.2 Å². The maximum atomic E-state index is 12.7. The van der Waals surface area contributed by atoms with Crippen LogP contribution in [-0.4, -0.2) is 96.0 Å². The summed E-state index contributed by atoms with van der Waals surface area (Å²) in [7, 11) is -4.60. The van der Waals surface area contributed by atoms with E-state index in [1.807, 2.05) is 0 Å². The van der Waals surface area contributed by atoms with Crippen molar-refractivity contribution in [1.82, 2.24) is 0 Å². The average Bonchev–Trinajstić information content (AvgIpc) is 3.12. The van der Waals surface area contributed by atoms with Crippen molar-refractivity contribution < 1.29 is 56.8 Å². The van der Waals surface area contributed by atoms with Gasteiger partial charge in [0.25, 0.3) is 10.1 Å². The summed E-state index contributed by atoms with van der Waals surface area (Å²) in [4.78, 5) is 25.2. The van der Waals surface area contributed by atoms with Crippen LogP contribution in [0.15, 0.2) is 36.5 Å². The Bertz CT molecular complexity index is 1140. The third kappa shape index (κ3) is 26.3. The highest BCUT2D eigenvalue weighted by Crippen LogP contribution is 2.24. The first-order valence-corrected chi connectivity index (χ1v) is 21.7. The number of rotatable bonds is 32. The van der Waals surface area contributed by atoms with Crippen LogP contribution in [0, 0.1) is 0 Å². The van der Waals surface area contributed by atoms with Crippen molar-refractivity contribution in [3.63, 3.8) is 0 Å². The molecule has 1 heterocycles. The Morgan fingerprint density at radius 1 is 0.642 bits per heavy atom. The molecule has 0 spiro atoms. The van der Waals surface area contributed by atoms with Crippen LogP contribution in [0.25, 0.3) is 0 Å². The Kier molecular flexibility index (Phi) is 28.7. The fourth-order valence-corrected chi connectivity index (χ4v) is 6.42. The van der Waals surface area contributed by atoms with Gasteiger partial charge < -0.3 is 34.3 Å². The largest absolute Gasteiger partial charge is 0.462 e. The zero-order valence-corrected chi connectivity index (χ0v) is 33.2. The molecule has 1 rings (SSSR count). The summed E-state index contributed by atoms with van der Waals surface area (Å²) in [5.41, 5.74) is 0. The fraction of sp³-hybridized carbons (Fsp3) is 0.800. The van der Waals surface area contributed by atoms with Gasteiger partial charge in [-0.2, -0.15) is 8.42 Å². The molecular formula is C40H70O12S. The normalized spacial score (nSPS) is 21.5. The minimum Gasteiger partial charge on any atom is -0.462 e. The fourth-order valence-electron chi connectivity index (χ4n) is 5.73.